The summed E-state index contributed by atoms with van der Waals surface area (Å²) in [5.74, 6) is 1.99. The fraction of sp³-hybridized carbons (Fsp3) is 0.562. The molecule has 0 aliphatic heterocycles. The van der Waals surface area contributed by atoms with Crippen LogP contribution in [0, 0.1) is 5.92 Å². The molecule has 100 valence electrons. The highest BCUT2D eigenvalue weighted by atomic mass is 16.5. The van der Waals surface area contributed by atoms with Gasteiger partial charge in [-0.25, -0.2) is 0 Å². The van der Waals surface area contributed by atoms with E-state index in [1.165, 1.54) is 0 Å². The standard InChI is InChI=1S/C16H24O2/c1-5-13(4)15-10-14(11-17)6-7-16(15)18-9-8-12(2)3/h6-7,10-13H,5,8-9H2,1-4H3. The number of hydrogen-bond acceptors (Lipinski definition) is 2. The molecule has 0 heterocycles. The Hall–Kier alpha value is -1.31. The van der Waals surface area contributed by atoms with Crippen LogP contribution >= 0.6 is 0 Å². The minimum Gasteiger partial charge on any atom is -0.493 e. The maximum Gasteiger partial charge on any atom is 0.150 e. The van der Waals surface area contributed by atoms with Crippen LogP contribution in [0.5, 0.6) is 5.75 Å². The van der Waals surface area contributed by atoms with Crippen molar-refractivity contribution in [2.45, 2.75) is 46.5 Å². The predicted molar refractivity (Wildman–Crippen MR) is 75.5 cm³/mol. The zero-order chi connectivity index (χ0) is 13.5. The summed E-state index contributed by atoms with van der Waals surface area (Å²) < 4.78 is 5.85. The van der Waals surface area contributed by atoms with Gasteiger partial charge in [0.05, 0.1) is 6.61 Å². The molecule has 0 bridgehead atoms. The number of benzene rings is 1. The van der Waals surface area contributed by atoms with Crippen LogP contribution in [0.15, 0.2) is 18.2 Å². The van der Waals surface area contributed by atoms with E-state index in [1.54, 1.807) is 0 Å². The molecular weight excluding hydrogens is 224 g/mol. The molecular formula is C16H24O2. The molecule has 1 atom stereocenters. The number of ether oxygens (including phenoxy) is 1. The van der Waals surface area contributed by atoms with E-state index in [1.807, 2.05) is 18.2 Å². The van der Waals surface area contributed by atoms with Gasteiger partial charge in [-0.15, -0.1) is 0 Å². The van der Waals surface area contributed by atoms with E-state index < -0.39 is 0 Å². The minimum absolute atomic E-state index is 0.416. The van der Waals surface area contributed by atoms with E-state index in [9.17, 15) is 4.79 Å². The second kappa shape index (κ2) is 7.20. The van der Waals surface area contributed by atoms with Crippen molar-refractivity contribution in [3.63, 3.8) is 0 Å². The third-order valence-corrected chi connectivity index (χ3v) is 3.27. The third-order valence-electron chi connectivity index (χ3n) is 3.27. The van der Waals surface area contributed by atoms with Gasteiger partial charge in [-0.2, -0.15) is 0 Å². The van der Waals surface area contributed by atoms with Crippen molar-refractivity contribution in [3.8, 4) is 5.75 Å². The Morgan fingerprint density at radius 2 is 2.00 bits per heavy atom. The lowest BCUT2D eigenvalue weighted by atomic mass is 9.96. The summed E-state index contributed by atoms with van der Waals surface area (Å²) in [5.41, 5.74) is 1.87. The van der Waals surface area contributed by atoms with Crippen LogP contribution in [0.4, 0.5) is 0 Å². The maximum atomic E-state index is 10.8. The lowest BCUT2D eigenvalue weighted by Gasteiger charge is -2.17. The molecule has 0 saturated heterocycles. The molecule has 1 aromatic rings. The SMILES string of the molecule is CCC(C)c1cc(C=O)ccc1OCCC(C)C. The Labute approximate surface area is 110 Å². The molecule has 0 N–H and O–H groups in total. The number of carbonyl (C=O) groups excluding carboxylic acids is 1. The van der Waals surface area contributed by atoms with E-state index in [-0.39, 0.29) is 0 Å². The van der Waals surface area contributed by atoms with E-state index in [2.05, 4.69) is 27.7 Å². The molecule has 1 aromatic carbocycles. The van der Waals surface area contributed by atoms with Crippen molar-refractivity contribution in [3.05, 3.63) is 29.3 Å². The van der Waals surface area contributed by atoms with Crippen molar-refractivity contribution < 1.29 is 9.53 Å². The number of rotatable bonds is 7. The van der Waals surface area contributed by atoms with Crippen molar-refractivity contribution in [2.24, 2.45) is 5.92 Å². The van der Waals surface area contributed by atoms with Crippen molar-refractivity contribution in [1.29, 1.82) is 0 Å². The first kappa shape index (κ1) is 14.7. The molecule has 1 rings (SSSR count). The third kappa shape index (κ3) is 4.17. The first-order chi connectivity index (χ1) is 8.58. The van der Waals surface area contributed by atoms with Crippen LogP contribution in [0.1, 0.15) is 62.4 Å². The van der Waals surface area contributed by atoms with Gasteiger partial charge in [0.1, 0.15) is 12.0 Å². The van der Waals surface area contributed by atoms with Gasteiger partial charge in [-0.3, -0.25) is 4.79 Å². The first-order valence-corrected chi connectivity index (χ1v) is 6.80. The largest absolute Gasteiger partial charge is 0.493 e. The highest BCUT2D eigenvalue weighted by Gasteiger charge is 2.11. The van der Waals surface area contributed by atoms with Gasteiger partial charge in [0.25, 0.3) is 0 Å². The average Bonchev–Trinajstić information content (AvgIpc) is 2.37. The zero-order valence-electron chi connectivity index (χ0n) is 11.9. The van der Waals surface area contributed by atoms with Gasteiger partial charge in [0.15, 0.2) is 0 Å². The first-order valence-electron chi connectivity index (χ1n) is 6.80. The monoisotopic (exact) mass is 248 g/mol. The molecule has 0 amide bonds. The molecule has 0 spiro atoms. The Balaban J connectivity index is 2.84. The molecule has 0 aliphatic carbocycles. The lowest BCUT2D eigenvalue weighted by molar-refractivity contribution is 0.112. The minimum atomic E-state index is 0.416. The smallest absolute Gasteiger partial charge is 0.150 e. The zero-order valence-corrected chi connectivity index (χ0v) is 11.9. The summed E-state index contributed by atoms with van der Waals surface area (Å²) in [4.78, 5) is 10.8. The average molecular weight is 248 g/mol. The molecule has 0 saturated carbocycles. The fourth-order valence-corrected chi connectivity index (χ4v) is 1.78. The van der Waals surface area contributed by atoms with Gasteiger partial charge in [-0.05, 0) is 48.4 Å². The Kier molecular flexibility index (Phi) is 5.90. The van der Waals surface area contributed by atoms with Gasteiger partial charge in [-0.1, -0.05) is 27.7 Å². The molecule has 2 heteroatoms. The molecule has 2 nitrogen and oxygen atoms in total. The van der Waals surface area contributed by atoms with Gasteiger partial charge in [0, 0.05) is 5.56 Å². The van der Waals surface area contributed by atoms with Gasteiger partial charge in [0.2, 0.25) is 0 Å². The Morgan fingerprint density at radius 3 is 2.56 bits per heavy atom. The summed E-state index contributed by atoms with van der Waals surface area (Å²) in [7, 11) is 0. The molecule has 18 heavy (non-hydrogen) atoms. The van der Waals surface area contributed by atoms with Gasteiger partial charge < -0.3 is 4.74 Å². The Morgan fingerprint density at radius 1 is 1.28 bits per heavy atom. The van der Waals surface area contributed by atoms with Crippen LogP contribution in [0.2, 0.25) is 0 Å². The molecule has 0 radical (unpaired) electrons. The van der Waals surface area contributed by atoms with Crippen LogP contribution in [-0.4, -0.2) is 12.9 Å². The van der Waals surface area contributed by atoms with E-state index in [4.69, 9.17) is 4.74 Å². The van der Waals surface area contributed by atoms with Crippen LogP contribution in [0.25, 0.3) is 0 Å². The summed E-state index contributed by atoms with van der Waals surface area (Å²) in [6.45, 7) is 9.43. The molecule has 1 unspecified atom stereocenters. The summed E-state index contributed by atoms with van der Waals surface area (Å²) in [5, 5.41) is 0. The summed E-state index contributed by atoms with van der Waals surface area (Å²) in [6, 6.07) is 5.70. The van der Waals surface area contributed by atoms with E-state index in [0.29, 0.717) is 11.8 Å². The lowest BCUT2D eigenvalue weighted by Crippen LogP contribution is -2.05. The highest BCUT2D eigenvalue weighted by molar-refractivity contribution is 5.75. The summed E-state index contributed by atoms with van der Waals surface area (Å²) >= 11 is 0. The van der Waals surface area contributed by atoms with E-state index in [0.717, 1.165) is 42.6 Å². The molecule has 0 aromatic heterocycles. The van der Waals surface area contributed by atoms with Gasteiger partial charge >= 0.3 is 0 Å². The quantitative estimate of drug-likeness (QED) is 0.667. The fourth-order valence-electron chi connectivity index (χ4n) is 1.78. The van der Waals surface area contributed by atoms with Crippen LogP contribution in [-0.2, 0) is 0 Å². The Bertz CT molecular complexity index is 383. The van der Waals surface area contributed by atoms with Crippen molar-refractivity contribution >= 4 is 6.29 Å². The topological polar surface area (TPSA) is 26.3 Å². The van der Waals surface area contributed by atoms with E-state index >= 15 is 0 Å². The van der Waals surface area contributed by atoms with Crippen molar-refractivity contribution in [2.75, 3.05) is 6.61 Å². The second-order valence-electron chi connectivity index (χ2n) is 5.26. The molecule has 0 aliphatic rings. The highest BCUT2D eigenvalue weighted by Crippen LogP contribution is 2.29. The van der Waals surface area contributed by atoms with Crippen LogP contribution < -0.4 is 4.74 Å². The predicted octanol–water partition coefficient (Wildman–Crippen LogP) is 4.44. The number of hydrogen-bond donors (Lipinski definition) is 0. The van der Waals surface area contributed by atoms with Crippen LogP contribution in [0.3, 0.4) is 0 Å². The maximum absolute atomic E-state index is 10.8. The van der Waals surface area contributed by atoms with Crippen molar-refractivity contribution in [1.82, 2.24) is 0 Å². The summed E-state index contributed by atoms with van der Waals surface area (Å²) in [6.07, 6.45) is 2.99. The normalized spacial score (nSPS) is 12.5. The number of aldehydes is 1. The molecule has 0 fully saturated rings. The number of carbonyl (C=O) groups is 1. The second-order valence-corrected chi connectivity index (χ2v) is 5.26.